The number of rotatable bonds is 5. The molecular weight excluding hydrogens is 212 g/mol. The van der Waals surface area contributed by atoms with E-state index in [1.807, 2.05) is 20.8 Å². The second kappa shape index (κ2) is 7.46. The highest BCUT2D eigenvalue weighted by Gasteiger charge is 2.12. The number of amides is 1. The van der Waals surface area contributed by atoms with Gasteiger partial charge in [-0.1, -0.05) is 25.4 Å². The Morgan fingerprint density at radius 3 is 2.47 bits per heavy atom. The van der Waals surface area contributed by atoms with E-state index in [2.05, 4.69) is 4.99 Å². The summed E-state index contributed by atoms with van der Waals surface area (Å²) in [7, 11) is 1.62. The summed E-state index contributed by atoms with van der Waals surface area (Å²) >= 11 is 5.79. The first-order valence-electron chi connectivity index (χ1n) is 5.17. The van der Waals surface area contributed by atoms with Crippen LogP contribution in [0.5, 0.6) is 0 Å². The van der Waals surface area contributed by atoms with Crippen LogP contribution in [0, 0.1) is 0 Å². The fraction of sp³-hybridized carbons (Fsp3) is 0.636. The van der Waals surface area contributed by atoms with Crippen LogP contribution in [0.25, 0.3) is 0 Å². The number of hydrogen-bond donors (Lipinski definition) is 0. The molecule has 4 heteroatoms. The lowest BCUT2D eigenvalue weighted by molar-refractivity contribution is -0.128. The van der Waals surface area contributed by atoms with Crippen LogP contribution in [0.1, 0.15) is 33.6 Å². The van der Waals surface area contributed by atoms with E-state index in [1.54, 1.807) is 18.0 Å². The Morgan fingerprint density at radius 1 is 1.47 bits per heavy atom. The average Bonchev–Trinajstić information content (AvgIpc) is 2.24. The molecule has 0 aliphatic rings. The Hall–Kier alpha value is -0.830. The molecule has 0 aliphatic heterocycles. The quantitative estimate of drug-likeness (QED) is 0.669. The molecule has 0 aromatic carbocycles. The highest BCUT2D eigenvalue weighted by Crippen LogP contribution is 2.08. The lowest BCUT2D eigenvalue weighted by atomic mass is 10.3. The third-order valence-electron chi connectivity index (χ3n) is 2.02. The van der Waals surface area contributed by atoms with E-state index in [1.165, 1.54) is 0 Å². The molecule has 86 valence electrons. The highest BCUT2D eigenvalue weighted by molar-refractivity contribution is 6.68. The molecule has 0 bridgehead atoms. The largest absolute Gasteiger partial charge is 0.316 e. The minimum absolute atomic E-state index is 0.117. The molecule has 0 spiro atoms. The van der Waals surface area contributed by atoms with E-state index in [-0.39, 0.29) is 5.91 Å². The van der Waals surface area contributed by atoms with Gasteiger partial charge in [0, 0.05) is 25.7 Å². The van der Waals surface area contributed by atoms with Gasteiger partial charge in [0.25, 0.3) is 0 Å². The number of halogens is 1. The van der Waals surface area contributed by atoms with Crippen LogP contribution in [0.2, 0.25) is 0 Å². The van der Waals surface area contributed by atoms with Crippen LogP contribution in [0.4, 0.5) is 0 Å². The molecule has 0 rings (SSSR count). The maximum Gasteiger partial charge on any atom is 0.226 e. The van der Waals surface area contributed by atoms with Gasteiger partial charge in [0.05, 0.1) is 0 Å². The molecule has 0 fully saturated rings. The van der Waals surface area contributed by atoms with E-state index in [9.17, 15) is 4.79 Å². The van der Waals surface area contributed by atoms with Gasteiger partial charge in [0.2, 0.25) is 5.91 Å². The van der Waals surface area contributed by atoms with Crippen LogP contribution >= 0.6 is 11.6 Å². The molecule has 0 N–H and O–H groups in total. The Kier molecular flexibility index (Phi) is 7.05. The van der Waals surface area contributed by atoms with Crippen molar-refractivity contribution in [2.24, 2.45) is 4.99 Å². The van der Waals surface area contributed by atoms with Gasteiger partial charge in [0.15, 0.2) is 0 Å². The molecule has 0 aromatic heterocycles. The van der Waals surface area contributed by atoms with Crippen molar-refractivity contribution >= 4 is 22.7 Å². The lowest BCUT2D eigenvalue weighted by Crippen LogP contribution is -2.29. The van der Waals surface area contributed by atoms with Crippen LogP contribution in [-0.4, -0.2) is 29.6 Å². The predicted octanol–water partition coefficient (Wildman–Crippen LogP) is 2.81. The molecule has 0 saturated carbocycles. The van der Waals surface area contributed by atoms with E-state index in [0.29, 0.717) is 11.6 Å². The summed E-state index contributed by atoms with van der Waals surface area (Å²) in [5.41, 5.74) is 0.847. The van der Waals surface area contributed by atoms with Crippen molar-refractivity contribution in [2.45, 2.75) is 33.6 Å². The van der Waals surface area contributed by atoms with Crippen molar-refractivity contribution in [3.05, 3.63) is 11.8 Å². The van der Waals surface area contributed by atoms with Gasteiger partial charge in [-0.25, -0.2) is 0 Å². The normalized spacial score (nSPS) is 12.9. The maximum absolute atomic E-state index is 11.6. The number of allylic oxidation sites excluding steroid dienone is 2. The summed E-state index contributed by atoms with van der Waals surface area (Å²) in [5.74, 6) is 0.117. The van der Waals surface area contributed by atoms with Gasteiger partial charge in [0.1, 0.15) is 5.17 Å². The summed E-state index contributed by atoms with van der Waals surface area (Å²) in [6.45, 7) is 6.49. The molecule has 0 radical (unpaired) electrons. The van der Waals surface area contributed by atoms with Crippen LogP contribution in [-0.2, 0) is 4.79 Å². The topological polar surface area (TPSA) is 32.7 Å². The fourth-order valence-corrected chi connectivity index (χ4v) is 1.38. The molecule has 0 aromatic rings. The molecule has 0 atom stereocenters. The van der Waals surface area contributed by atoms with Crippen molar-refractivity contribution in [3.8, 4) is 0 Å². The SMILES string of the molecule is CCCN(C(=O)CC)/C(C)=C/C(Cl)=N\C. The smallest absolute Gasteiger partial charge is 0.226 e. The van der Waals surface area contributed by atoms with Crippen molar-refractivity contribution in [3.63, 3.8) is 0 Å². The molecule has 3 nitrogen and oxygen atoms in total. The van der Waals surface area contributed by atoms with Crippen molar-refractivity contribution in [2.75, 3.05) is 13.6 Å². The monoisotopic (exact) mass is 230 g/mol. The van der Waals surface area contributed by atoms with Gasteiger partial charge < -0.3 is 4.90 Å². The minimum atomic E-state index is 0.117. The average molecular weight is 231 g/mol. The summed E-state index contributed by atoms with van der Waals surface area (Å²) in [5, 5.41) is 0.414. The Morgan fingerprint density at radius 2 is 2.07 bits per heavy atom. The summed E-state index contributed by atoms with van der Waals surface area (Å²) in [6, 6.07) is 0. The minimum Gasteiger partial charge on any atom is -0.316 e. The Labute approximate surface area is 96.8 Å². The molecule has 0 heterocycles. The summed E-state index contributed by atoms with van der Waals surface area (Å²) in [4.78, 5) is 17.2. The molecule has 0 aliphatic carbocycles. The third-order valence-corrected chi connectivity index (χ3v) is 2.30. The van der Waals surface area contributed by atoms with Crippen molar-refractivity contribution < 1.29 is 4.79 Å². The van der Waals surface area contributed by atoms with Gasteiger partial charge >= 0.3 is 0 Å². The zero-order chi connectivity index (χ0) is 11.8. The van der Waals surface area contributed by atoms with Gasteiger partial charge in [-0.05, 0) is 19.4 Å². The summed E-state index contributed by atoms with van der Waals surface area (Å²) in [6.07, 6.45) is 3.15. The second-order valence-electron chi connectivity index (χ2n) is 3.23. The standard InChI is InChI=1S/C11H19ClN2O/c1-5-7-14(11(15)6-2)9(3)8-10(12)13-4/h8H,5-7H2,1-4H3/b9-8+,13-10+. The first kappa shape index (κ1) is 14.2. The zero-order valence-electron chi connectivity index (χ0n) is 9.88. The maximum atomic E-state index is 11.6. The first-order valence-corrected chi connectivity index (χ1v) is 5.55. The first-order chi connectivity index (χ1) is 7.06. The fourth-order valence-electron chi connectivity index (χ4n) is 1.23. The zero-order valence-corrected chi connectivity index (χ0v) is 10.6. The van der Waals surface area contributed by atoms with E-state index in [4.69, 9.17) is 11.6 Å². The number of carbonyl (C=O) groups is 1. The van der Waals surface area contributed by atoms with Crippen molar-refractivity contribution in [1.29, 1.82) is 0 Å². The van der Waals surface area contributed by atoms with Gasteiger partial charge in [-0.3, -0.25) is 9.79 Å². The number of carbonyl (C=O) groups excluding carboxylic acids is 1. The Bertz CT molecular complexity index is 272. The molecule has 15 heavy (non-hydrogen) atoms. The van der Waals surface area contributed by atoms with Crippen LogP contribution in [0.3, 0.4) is 0 Å². The number of nitrogens with zero attached hydrogens (tertiary/aromatic N) is 2. The van der Waals surface area contributed by atoms with Crippen LogP contribution < -0.4 is 0 Å². The number of aliphatic imine (C=N–C) groups is 1. The lowest BCUT2D eigenvalue weighted by Gasteiger charge is -2.22. The van der Waals surface area contributed by atoms with E-state index in [0.717, 1.165) is 18.7 Å². The van der Waals surface area contributed by atoms with E-state index < -0.39 is 0 Å². The summed E-state index contributed by atoms with van der Waals surface area (Å²) < 4.78 is 0. The van der Waals surface area contributed by atoms with Crippen LogP contribution in [0.15, 0.2) is 16.8 Å². The van der Waals surface area contributed by atoms with E-state index >= 15 is 0 Å². The second-order valence-corrected chi connectivity index (χ2v) is 3.62. The molecule has 0 saturated heterocycles. The third kappa shape index (κ3) is 4.98. The van der Waals surface area contributed by atoms with Gasteiger partial charge in [-0.2, -0.15) is 0 Å². The predicted molar refractivity (Wildman–Crippen MR) is 65.3 cm³/mol. The molecular formula is C11H19ClN2O. The Balaban J connectivity index is 4.76. The highest BCUT2D eigenvalue weighted by atomic mass is 35.5. The van der Waals surface area contributed by atoms with Gasteiger partial charge in [-0.15, -0.1) is 0 Å². The molecule has 1 amide bonds. The molecule has 0 unspecified atom stereocenters. The number of hydrogen-bond acceptors (Lipinski definition) is 2. The van der Waals surface area contributed by atoms with Crippen molar-refractivity contribution in [1.82, 2.24) is 4.90 Å².